The second kappa shape index (κ2) is 9.65. The van der Waals surface area contributed by atoms with Crippen LogP contribution in [0.4, 0.5) is 0 Å². The van der Waals surface area contributed by atoms with Crippen LogP contribution in [0.5, 0.6) is 5.75 Å². The maximum Gasteiger partial charge on any atom is 0.119 e. The molecular weight excluding hydrogens is 394 g/mol. The average molecular weight is 430 g/mol. The summed E-state index contributed by atoms with van der Waals surface area (Å²) in [5.74, 6) is 2.40. The number of benzene rings is 2. The topological polar surface area (TPSA) is 48.3 Å². The van der Waals surface area contributed by atoms with Crippen molar-refractivity contribution in [1.82, 2.24) is 10.2 Å². The second-order valence-corrected chi connectivity index (χ2v) is 9.78. The highest BCUT2D eigenvalue weighted by Crippen LogP contribution is 2.51. The summed E-state index contributed by atoms with van der Waals surface area (Å²) in [4.78, 5) is 2.63. The molecule has 2 aliphatic heterocycles. The standard InChI is InChI=1S/C28H35N3O/c29-21-22-9-11-26(12-10-22)32-20-4-17-31-18-14-25(15-19-31)28(24-6-3-7-24)27-8-2-1-5-23(27)13-16-30-28/h1-2,5,8-12,24-25,30H,3-4,6-7,13-20H2. The SMILES string of the molecule is N#Cc1ccc(OCCCN2CCC(C3(C4CCC4)NCCc4ccccc43)CC2)cc1. The fraction of sp³-hybridized carbons (Fsp3) is 0.536. The molecule has 0 amide bonds. The summed E-state index contributed by atoms with van der Waals surface area (Å²) in [5, 5.41) is 13.0. The van der Waals surface area contributed by atoms with E-state index in [1.165, 1.54) is 51.6 Å². The number of nitrogens with one attached hydrogen (secondary N) is 1. The predicted molar refractivity (Wildman–Crippen MR) is 128 cm³/mol. The lowest BCUT2D eigenvalue weighted by Gasteiger charge is -2.55. The van der Waals surface area contributed by atoms with Gasteiger partial charge in [-0.2, -0.15) is 5.26 Å². The van der Waals surface area contributed by atoms with E-state index >= 15 is 0 Å². The van der Waals surface area contributed by atoms with Crippen molar-refractivity contribution in [3.05, 3.63) is 65.2 Å². The van der Waals surface area contributed by atoms with Crippen molar-refractivity contribution >= 4 is 0 Å². The Morgan fingerprint density at radius 3 is 2.47 bits per heavy atom. The number of rotatable bonds is 7. The molecule has 4 nitrogen and oxygen atoms in total. The van der Waals surface area contributed by atoms with Crippen LogP contribution in [0.3, 0.4) is 0 Å². The predicted octanol–water partition coefficient (Wildman–Crippen LogP) is 4.88. The van der Waals surface area contributed by atoms with E-state index in [1.54, 1.807) is 11.1 Å². The molecule has 1 aliphatic carbocycles. The van der Waals surface area contributed by atoms with Gasteiger partial charge in [-0.3, -0.25) is 0 Å². The number of likely N-dealkylation sites (tertiary alicyclic amines) is 1. The molecule has 1 atom stereocenters. The molecule has 2 aromatic rings. The lowest BCUT2D eigenvalue weighted by atomic mass is 9.58. The van der Waals surface area contributed by atoms with Gasteiger partial charge in [-0.25, -0.2) is 0 Å². The molecule has 1 unspecified atom stereocenters. The Kier molecular flexibility index (Phi) is 6.48. The molecule has 1 N–H and O–H groups in total. The molecule has 4 heteroatoms. The van der Waals surface area contributed by atoms with Gasteiger partial charge < -0.3 is 15.0 Å². The van der Waals surface area contributed by atoms with Crippen molar-refractivity contribution < 1.29 is 4.74 Å². The Hall–Kier alpha value is -2.35. The highest BCUT2D eigenvalue weighted by Gasteiger charge is 2.50. The van der Waals surface area contributed by atoms with Crippen LogP contribution in [0.25, 0.3) is 0 Å². The molecule has 2 aromatic carbocycles. The smallest absolute Gasteiger partial charge is 0.119 e. The molecule has 0 spiro atoms. The van der Waals surface area contributed by atoms with Crippen LogP contribution in [-0.2, 0) is 12.0 Å². The third-order valence-corrected chi connectivity index (χ3v) is 8.13. The maximum atomic E-state index is 8.90. The normalized spacial score (nSPS) is 24.3. The summed E-state index contributed by atoms with van der Waals surface area (Å²) < 4.78 is 5.88. The van der Waals surface area contributed by atoms with Gasteiger partial charge in [-0.1, -0.05) is 30.7 Å². The van der Waals surface area contributed by atoms with Gasteiger partial charge in [-0.15, -0.1) is 0 Å². The third-order valence-electron chi connectivity index (χ3n) is 8.13. The summed E-state index contributed by atoms with van der Waals surface area (Å²) in [6, 6.07) is 18.8. The van der Waals surface area contributed by atoms with Crippen molar-refractivity contribution in [2.45, 2.75) is 50.5 Å². The summed E-state index contributed by atoms with van der Waals surface area (Å²) in [5.41, 5.74) is 4.08. The minimum Gasteiger partial charge on any atom is -0.494 e. The molecule has 1 saturated heterocycles. The molecule has 2 fully saturated rings. The van der Waals surface area contributed by atoms with Gasteiger partial charge in [0.2, 0.25) is 0 Å². The van der Waals surface area contributed by atoms with Crippen LogP contribution in [0.1, 0.15) is 55.2 Å². The summed E-state index contributed by atoms with van der Waals surface area (Å²) in [6.07, 6.45) is 8.95. The second-order valence-electron chi connectivity index (χ2n) is 9.78. The Morgan fingerprint density at radius 2 is 1.75 bits per heavy atom. The van der Waals surface area contributed by atoms with Gasteiger partial charge in [0.15, 0.2) is 0 Å². The van der Waals surface area contributed by atoms with Crippen LogP contribution in [0.15, 0.2) is 48.5 Å². The first-order valence-electron chi connectivity index (χ1n) is 12.5. The molecule has 2 heterocycles. The van der Waals surface area contributed by atoms with Crippen molar-refractivity contribution in [2.24, 2.45) is 11.8 Å². The first-order valence-corrected chi connectivity index (χ1v) is 12.5. The van der Waals surface area contributed by atoms with Crippen LogP contribution >= 0.6 is 0 Å². The zero-order chi connectivity index (χ0) is 21.8. The van der Waals surface area contributed by atoms with Crippen LogP contribution in [-0.4, -0.2) is 37.7 Å². The van der Waals surface area contributed by atoms with Gasteiger partial charge in [0.1, 0.15) is 5.75 Å². The number of hydrogen-bond donors (Lipinski definition) is 1. The minimum absolute atomic E-state index is 0.206. The number of nitrogens with zero attached hydrogens (tertiary/aromatic N) is 2. The lowest BCUT2D eigenvalue weighted by molar-refractivity contribution is 0.0196. The molecule has 5 rings (SSSR count). The van der Waals surface area contributed by atoms with Crippen molar-refractivity contribution in [3.8, 4) is 11.8 Å². The zero-order valence-corrected chi connectivity index (χ0v) is 19.1. The van der Waals surface area contributed by atoms with Crippen molar-refractivity contribution in [2.75, 3.05) is 32.8 Å². The molecule has 1 saturated carbocycles. The van der Waals surface area contributed by atoms with E-state index in [2.05, 4.69) is 40.6 Å². The molecular formula is C28H35N3O. The third kappa shape index (κ3) is 4.17. The Balaban J connectivity index is 1.16. The van der Waals surface area contributed by atoms with E-state index in [9.17, 15) is 0 Å². The molecule has 0 bridgehead atoms. The molecule has 3 aliphatic rings. The molecule has 168 valence electrons. The highest BCUT2D eigenvalue weighted by atomic mass is 16.5. The summed E-state index contributed by atoms with van der Waals surface area (Å²) >= 11 is 0. The van der Waals surface area contributed by atoms with E-state index in [0.29, 0.717) is 5.56 Å². The fourth-order valence-electron chi connectivity index (χ4n) is 6.28. The van der Waals surface area contributed by atoms with Gasteiger partial charge >= 0.3 is 0 Å². The first-order chi connectivity index (χ1) is 15.8. The summed E-state index contributed by atoms with van der Waals surface area (Å²) in [7, 11) is 0. The van der Waals surface area contributed by atoms with E-state index < -0.39 is 0 Å². The number of nitriles is 1. The number of piperidine rings is 1. The van der Waals surface area contributed by atoms with Gasteiger partial charge in [0.25, 0.3) is 0 Å². The number of fused-ring (bicyclic) bond motifs is 1. The van der Waals surface area contributed by atoms with Crippen LogP contribution < -0.4 is 10.1 Å². The van der Waals surface area contributed by atoms with Gasteiger partial charge in [0, 0.05) is 18.6 Å². The Morgan fingerprint density at radius 1 is 1.00 bits per heavy atom. The largest absolute Gasteiger partial charge is 0.494 e. The Labute approximate surface area is 192 Å². The van der Waals surface area contributed by atoms with Gasteiger partial charge in [0.05, 0.1) is 18.2 Å². The number of ether oxygens (including phenoxy) is 1. The van der Waals surface area contributed by atoms with E-state index in [0.717, 1.165) is 43.7 Å². The van der Waals surface area contributed by atoms with E-state index in [4.69, 9.17) is 10.00 Å². The maximum absolute atomic E-state index is 8.90. The molecule has 0 radical (unpaired) electrons. The van der Waals surface area contributed by atoms with Crippen molar-refractivity contribution in [1.29, 1.82) is 5.26 Å². The quantitative estimate of drug-likeness (QED) is 0.637. The van der Waals surface area contributed by atoms with E-state index in [-0.39, 0.29) is 5.54 Å². The number of hydrogen-bond acceptors (Lipinski definition) is 4. The monoisotopic (exact) mass is 429 g/mol. The van der Waals surface area contributed by atoms with Crippen LogP contribution in [0.2, 0.25) is 0 Å². The molecule has 0 aromatic heterocycles. The molecule has 32 heavy (non-hydrogen) atoms. The van der Waals surface area contributed by atoms with Crippen molar-refractivity contribution in [3.63, 3.8) is 0 Å². The lowest BCUT2D eigenvalue weighted by Crippen LogP contribution is -2.60. The minimum atomic E-state index is 0.206. The van der Waals surface area contributed by atoms with Crippen LogP contribution in [0, 0.1) is 23.2 Å². The zero-order valence-electron chi connectivity index (χ0n) is 19.1. The highest BCUT2D eigenvalue weighted by molar-refractivity contribution is 5.39. The summed E-state index contributed by atoms with van der Waals surface area (Å²) in [6.45, 7) is 5.34. The van der Waals surface area contributed by atoms with Gasteiger partial charge in [-0.05, 0) is 98.8 Å². The Bertz CT molecular complexity index is 938. The fourth-order valence-corrected chi connectivity index (χ4v) is 6.28. The van der Waals surface area contributed by atoms with E-state index in [1.807, 2.05) is 24.3 Å². The first kappa shape index (κ1) is 21.5. The average Bonchev–Trinajstić information content (AvgIpc) is 2.82.